The highest BCUT2D eigenvalue weighted by Gasteiger charge is 2.16. The summed E-state index contributed by atoms with van der Waals surface area (Å²) in [4.78, 5) is 2.25. The molecule has 0 saturated carbocycles. The van der Waals surface area contributed by atoms with E-state index in [2.05, 4.69) is 11.9 Å². The molecule has 4 heteroatoms. The van der Waals surface area contributed by atoms with Crippen molar-refractivity contribution in [2.45, 2.75) is 19.8 Å². The van der Waals surface area contributed by atoms with Crippen LogP contribution < -0.4 is 15.4 Å². The second kappa shape index (κ2) is 6.66. The Morgan fingerprint density at radius 2 is 2.32 bits per heavy atom. The van der Waals surface area contributed by atoms with Crippen LogP contribution in [0.1, 0.15) is 19.8 Å². The minimum absolute atomic E-state index is 0.617. The second-order valence-corrected chi connectivity index (χ2v) is 5.12. The SMILES string of the molecule is CCOc1cc(N(C)CC2CCCOC2)ccc1N. The van der Waals surface area contributed by atoms with E-state index in [4.69, 9.17) is 15.2 Å². The van der Waals surface area contributed by atoms with Crippen molar-refractivity contribution >= 4 is 11.4 Å². The number of ether oxygens (including phenoxy) is 2. The van der Waals surface area contributed by atoms with Crippen LogP contribution in [0.4, 0.5) is 11.4 Å². The molecule has 1 aromatic carbocycles. The van der Waals surface area contributed by atoms with Crippen molar-refractivity contribution in [2.75, 3.05) is 44.0 Å². The van der Waals surface area contributed by atoms with Crippen molar-refractivity contribution in [2.24, 2.45) is 5.92 Å². The van der Waals surface area contributed by atoms with Gasteiger partial charge < -0.3 is 20.1 Å². The van der Waals surface area contributed by atoms with Gasteiger partial charge in [-0.25, -0.2) is 0 Å². The van der Waals surface area contributed by atoms with Gasteiger partial charge in [0.05, 0.1) is 18.9 Å². The number of hydrogen-bond acceptors (Lipinski definition) is 4. The highest BCUT2D eigenvalue weighted by atomic mass is 16.5. The van der Waals surface area contributed by atoms with Gasteiger partial charge in [-0.1, -0.05) is 0 Å². The van der Waals surface area contributed by atoms with E-state index in [1.807, 2.05) is 25.1 Å². The maximum Gasteiger partial charge on any atom is 0.144 e. The lowest BCUT2D eigenvalue weighted by Crippen LogP contribution is -2.30. The number of anilines is 2. The summed E-state index contributed by atoms with van der Waals surface area (Å²) in [6.45, 7) is 5.40. The molecule has 1 aliphatic rings. The van der Waals surface area contributed by atoms with E-state index in [0.29, 0.717) is 18.2 Å². The third-order valence-corrected chi connectivity index (χ3v) is 3.52. The summed E-state index contributed by atoms with van der Waals surface area (Å²) in [6.07, 6.45) is 2.42. The molecule has 2 rings (SSSR count). The van der Waals surface area contributed by atoms with Crippen LogP contribution in [-0.2, 0) is 4.74 Å². The van der Waals surface area contributed by atoms with Gasteiger partial charge in [0.2, 0.25) is 0 Å². The van der Waals surface area contributed by atoms with Crippen LogP contribution in [-0.4, -0.2) is 33.4 Å². The molecule has 1 saturated heterocycles. The smallest absolute Gasteiger partial charge is 0.144 e. The van der Waals surface area contributed by atoms with Gasteiger partial charge in [-0.15, -0.1) is 0 Å². The summed E-state index contributed by atoms with van der Waals surface area (Å²) in [5, 5.41) is 0. The van der Waals surface area contributed by atoms with Gasteiger partial charge in [0.25, 0.3) is 0 Å². The maximum atomic E-state index is 5.90. The van der Waals surface area contributed by atoms with Crippen molar-refractivity contribution in [3.05, 3.63) is 18.2 Å². The maximum absolute atomic E-state index is 5.90. The van der Waals surface area contributed by atoms with E-state index in [1.54, 1.807) is 0 Å². The molecule has 0 aliphatic carbocycles. The van der Waals surface area contributed by atoms with E-state index in [-0.39, 0.29) is 0 Å². The van der Waals surface area contributed by atoms with E-state index in [9.17, 15) is 0 Å². The lowest BCUT2D eigenvalue weighted by atomic mass is 10.0. The van der Waals surface area contributed by atoms with Crippen molar-refractivity contribution < 1.29 is 9.47 Å². The predicted molar refractivity (Wildman–Crippen MR) is 78.8 cm³/mol. The van der Waals surface area contributed by atoms with Gasteiger partial charge in [-0.05, 0) is 37.8 Å². The van der Waals surface area contributed by atoms with Crippen LogP contribution in [0.2, 0.25) is 0 Å². The van der Waals surface area contributed by atoms with Crippen molar-refractivity contribution in [3.63, 3.8) is 0 Å². The third kappa shape index (κ3) is 3.77. The highest BCUT2D eigenvalue weighted by molar-refractivity contribution is 5.62. The average Bonchev–Trinajstić information content (AvgIpc) is 2.42. The zero-order chi connectivity index (χ0) is 13.7. The van der Waals surface area contributed by atoms with Crippen LogP contribution in [0.3, 0.4) is 0 Å². The molecule has 1 fully saturated rings. The lowest BCUT2D eigenvalue weighted by molar-refractivity contribution is 0.0576. The molecular formula is C15H24N2O2. The second-order valence-electron chi connectivity index (χ2n) is 5.12. The molecule has 2 N–H and O–H groups in total. The summed E-state index contributed by atoms with van der Waals surface area (Å²) < 4.78 is 11.1. The Morgan fingerprint density at radius 1 is 1.47 bits per heavy atom. The molecule has 1 aliphatic heterocycles. The molecule has 0 radical (unpaired) electrons. The zero-order valence-electron chi connectivity index (χ0n) is 11.9. The van der Waals surface area contributed by atoms with Gasteiger partial charge in [-0.2, -0.15) is 0 Å². The largest absolute Gasteiger partial charge is 0.492 e. The highest BCUT2D eigenvalue weighted by Crippen LogP contribution is 2.28. The Kier molecular flexibility index (Phi) is 4.91. The summed E-state index contributed by atoms with van der Waals surface area (Å²) >= 11 is 0. The Hall–Kier alpha value is -1.42. The van der Waals surface area contributed by atoms with Gasteiger partial charge >= 0.3 is 0 Å². The molecule has 0 aromatic heterocycles. The van der Waals surface area contributed by atoms with E-state index >= 15 is 0 Å². The predicted octanol–water partition coefficient (Wildman–Crippen LogP) is 2.53. The van der Waals surface area contributed by atoms with E-state index in [1.165, 1.54) is 12.8 Å². The number of nitrogens with two attached hydrogens (primary N) is 1. The minimum Gasteiger partial charge on any atom is -0.492 e. The number of rotatable bonds is 5. The third-order valence-electron chi connectivity index (χ3n) is 3.52. The lowest BCUT2D eigenvalue weighted by Gasteiger charge is -2.28. The first kappa shape index (κ1) is 14.0. The zero-order valence-corrected chi connectivity index (χ0v) is 11.9. The number of benzene rings is 1. The first-order chi connectivity index (χ1) is 9.20. The van der Waals surface area contributed by atoms with Crippen LogP contribution >= 0.6 is 0 Å². The van der Waals surface area contributed by atoms with Crippen LogP contribution in [0, 0.1) is 5.92 Å². The first-order valence-electron chi connectivity index (χ1n) is 7.02. The van der Waals surface area contributed by atoms with Crippen molar-refractivity contribution in [1.82, 2.24) is 0 Å². The van der Waals surface area contributed by atoms with E-state index in [0.717, 1.165) is 31.2 Å². The van der Waals surface area contributed by atoms with Gasteiger partial charge in [-0.3, -0.25) is 0 Å². The Bertz CT molecular complexity index is 403. The Labute approximate surface area is 115 Å². The molecule has 0 bridgehead atoms. The molecule has 1 heterocycles. The monoisotopic (exact) mass is 264 g/mol. The summed E-state index contributed by atoms with van der Waals surface area (Å²) in [7, 11) is 2.11. The fraction of sp³-hybridized carbons (Fsp3) is 0.600. The topological polar surface area (TPSA) is 47.7 Å². The van der Waals surface area contributed by atoms with Crippen LogP contribution in [0.5, 0.6) is 5.75 Å². The average molecular weight is 264 g/mol. The molecule has 0 amide bonds. The van der Waals surface area contributed by atoms with Crippen LogP contribution in [0.15, 0.2) is 18.2 Å². The molecule has 0 spiro atoms. The molecule has 1 atom stereocenters. The van der Waals surface area contributed by atoms with Crippen molar-refractivity contribution in [1.29, 1.82) is 0 Å². The first-order valence-corrected chi connectivity index (χ1v) is 7.02. The van der Waals surface area contributed by atoms with Gasteiger partial charge in [0.15, 0.2) is 0 Å². The normalized spacial score (nSPS) is 19.2. The molecule has 1 aromatic rings. The Morgan fingerprint density at radius 3 is 3.00 bits per heavy atom. The molecule has 19 heavy (non-hydrogen) atoms. The van der Waals surface area contributed by atoms with Crippen molar-refractivity contribution in [3.8, 4) is 5.75 Å². The fourth-order valence-corrected chi connectivity index (χ4v) is 2.49. The van der Waals surface area contributed by atoms with Crippen LogP contribution in [0.25, 0.3) is 0 Å². The number of nitrogen functional groups attached to an aromatic ring is 1. The number of hydrogen-bond donors (Lipinski definition) is 1. The summed E-state index contributed by atoms with van der Waals surface area (Å²) in [5.74, 6) is 1.39. The van der Waals surface area contributed by atoms with E-state index < -0.39 is 0 Å². The Balaban J connectivity index is 2.01. The molecular weight excluding hydrogens is 240 g/mol. The fourth-order valence-electron chi connectivity index (χ4n) is 2.49. The molecule has 4 nitrogen and oxygen atoms in total. The molecule has 106 valence electrons. The molecule has 1 unspecified atom stereocenters. The quantitative estimate of drug-likeness (QED) is 0.830. The minimum atomic E-state index is 0.617. The van der Waals surface area contributed by atoms with Gasteiger partial charge in [0.1, 0.15) is 5.75 Å². The van der Waals surface area contributed by atoms with Gasteiger partial charge in [0, 0.05) is 32.0 Å². The number of nitrogens with zero attached hydrogens (tertiary/aromatic N) is 1. The summed E-state index contributed by atoms with van der Waals surface area (Å²) in [5.41, 5.74) is 7.73. The standard InChI is InChI=1S/C15H24N2O2/c1-3-19-15-9-13(6-7-14(15)16)17(2)10-12-5-4-8-18-11-12/h6-7,9,12H,3-5,8,10-11,16H2,1-2H3. The summed E-state index contributed by atoms with van der Waals surface area (Å²) in [6, 6.07) is 5.97.